The van der Waals surface area contributed by atoms with Crippen LogP contribution in [0.5, 0.6) is 0 Å². The predicted molar refractivity (Wildman–Crippen MR) is 71.5 cm³/mol. The molecule has 0 N–H and O–H groups in total. The van der Waals surface area contributed by atoms with Crippen LogP contribution in [0.1, 0.15) is 30.4 Å². The molecule has 1 aromatic carbocycles. The predicted octanol–water partition coefficient (Wildman–Crippen LogP) is 2.53. The smallest absolute Gasteiger partial charge is 0.130 e. The van der Waals surface area contributed by atoms with Crippen molar-refractivity contribution in [1.29, 1.82) is 0 Å². The van der Waals surface area contributed by atoms with Gasteiger partial charge in [-0.05, 0) is 18.9 Å². The number of aryl methyl sites for hydroxylation is 2. The van der Waals surface area contributed by atoms with Crippen molar-refractivity contribution in [3.63, 3.8) is 0 Å². The summed E-state index contributed by atoms with van der Waals surface area (Å²) in [5.74, 6) is 1.25. The molecule has 0 amide bonds. The van der Waals surface area contributed by atoms with Gasteiger partial charge in [0.15, 0.2) is 0 Å². The highest BCUT2D eigenvalue weighted by molar-refractivity contribution is 5.75. The number of benzene rings is 1. The Balaban J connectivity index is 2.07. The molecule has 0 unspecified atom stereocenters. The van der Waals surface area contributed by atoms with E-state index in [1.54, 1.807) is 6.92 Å². The van der Waals surface area contributed by atoms with Crippen molar-refractivity contribution in [3.05, 3.63) is 53.6 Å². The summed E-state index contributed by atoms with van der Waals surface area (Å²) in [6, 6.07) is 10.3. The number of carbonyl (C=O) groups excluding carboxylic acids is 1. The standard InChI is InChI=1S/C15H18N2O/c1-12(18)8-9-14-11-17(2)15(16-14)10-13-6-4-3-5-7-13/h3-7,11H,8-10H2,1-2H3. The number of Topliss-reactive ketones (excluding diaryl/α,β-unsaturated/α-hetero) is 1. The molecule has 94 valence electrons. The molecule has 0 atom stereocenters. The van der Waals surface area contributed by atoms with Crippen LogP contribution in [0.4, 0.5) is 0 Å². The summed E-state index contributed by atoms with van der Waals surface area (Å²) >= 11 is 0. The highest BCUT2D eigenvalue weighted by Gasteiger charge is 2.06. The number of hydrogen-bond acceptors (Lipinski definition) is 2. The van der Waals surface area contributed by atoms with E-state index in [1.807, 2.05) is 36.0 Å². The highest BCUT2D eigenvalue weighted by Crippen LogP contribution is 2.10. The van der Waals surface area contributed by atoms with Gasteiger partial charge in [0.2, 0.25) is 0 Å². The summed E-state index contributed by atoms with van der Waals surface area (Å²) in [4.78, 5) is 15.6. The fourth-order valence-corrected chi connectivity index (χ4v) is 1.94. The van der Waals surface area contributed by atoms with Gasteiger partial charge in [0.25, 0.3) is 0 Å². The Bertz CT molecular complexity index is 529. The number of imidazole rings is 1. The van der Waals surface area contributed by atoms with Gasteiger partial charge >= 0.3 is 0 Å². The van der Waals surface area contributed by atoms with E-state index in [0.717, 1.165) is 24.4 Å². The van der Waals surface area contributed by atoms with Gasteiger partial charge in [0.05, 0.1) is 5.69 Å². The summed E-state index contributed by atoms with van der Waals surface area (Å²) in [7, 11) is 2.00. The molecule has 0 fully saturated rings. The van der Waals surface area contributed by atoms with Gasteiger partial charge in [-0.1, -0.05) is 30.3 Å². The Labute approximate surface area is 107 Å². The van der Waals surface area contributed by atoms with Crippen LogP contribution < -0.4 is 0 Å². The van der Waals surface area contributed by atoms with E-state index in [4.69, 9.17) is 0 Å². The van der Waals surface area contributed by atoms with Gasteiger partial charge in [-0.3, -0.25) is 0 Å². The lowest BCUT2D eigenvalue weighted by atomic mass is 10.1. The maximum Gasteiger partial charge on any atom is 0.130 e. The molecule has 3 nitrogen and oxygen atoms in total. The van der Waals surface area contributed by atoms with Gasteiger partial charge in [-0.25, -0.2) is 4.98 Å². The molecule has 0 bridgehead atoms. The maximum atomic E-state index is 11.0. The third kappa shape index (κ3) is 3.29. The third-order valence-corrected chi connectivity index (χ3v) is 2.96. The summed E-state index contributed by atoms with van der Waals surface area (Å²) in [6.45, 7) is 1.62. The molecule has 0 radical (unpaired) electrons. The second-order valence-corrected chi connectivity index (χ2v) is 4.62. The molecular weight excluding hydrogens is 224 g/mol. The molecule has 0 saturated heterocycles. The molecule has 0 aliphatic heterocycles. The Kier molecular flexibility index (Phi) is 3.92. The van der Waals surface area contributed by atoms with Crippen molar-refractivity contribution in [2.75, 3.05) is 0 Å². The summed E-state index contributed by atoms with van der Waals surface area (Å²) < 4.78 is 2.04. The van der Waals surface area contributed by atoms with E-state index in [-0.39, 0.29) is 5.78 Å². The fraction of sp³-hybridized carbons (Fsp3) is 0.333. The van der Waals surface area contributed by atoms with Crippen molar-refractivity contribution in [3.8, 4) is 0 Å². The zero-order valence-corrected chi connectivity index (χ0v) is 10.9. The van der Waals surface area contributed by atoms with Crippen LogP contribution in [0.25, 0.3) is 0 Å². The minimum absolute atomic E-state index is 0.213. The topological polar surface area (TPSA) is 34.9 Å². The lowest BCUT2D eigenvalue weighted by Gasteiger charge is -2.00. The number of rotatable bonds is 5. The maximum absolute atomic E-state index is 11.0. The first kappa shape index (κ1) is 12.6. The van der Waals surface area contributed by atoms with Crippen molar-refractivity contribution in [2.24, 2.45) is 7.05 Å². The van der Waals surface area contributed by atoms with Crippen LogP contribution >= 0.6 is 0 Å². The van der Waals surface area contributed by atoms with Crippen molar-refractivity contribution in [2.45, 2.75) is 26.2 Å². The van der Waals surface area contributed by atoms with Gasteiger partial charge in [0.1, 0.15) is 11.6 Å². The molecule has 18 heavy (non-hydrogen) atoms. The van der Waals surface area contributed by atoms with Gasteiger partial charge in [-0.15, -0.1) is 0 Å². The SMILES string of the molecule is CC(=O)CCc1cn(C)c(Cc2ccccc2)n1. The first-order valence-corrected chi connectivity index (χ1v) is 6.19. The summed E-state index contributed by atoms with van der Waals surface area (Å²) in [5, 5.41) is 0. The minimum Gasteiger partial charge on any atom is -0.337 e. The quantitative estimate of drug-likeness (QED) is 0.807. The minimum atomic E-state index is 0.213. The van der Waals surface area contributed by atoms with E-state index in [0.29, 0.717) is 6.42 Å². The van der Waals surface area contributed by atoms with Crippen LogP contribution in [-0.4, -0.2) is 15.3 Å². The molecule has 1 aromatic heterocycles. The first-order chi connectivity index (χ1) is 8.65. The van der Waals surface area contributed by atoms with E-state index in [2.05, 4.69) is 17.1 Å². The Morgan fingerprint density at radius 2 is 2.00 bits per heavy atom. The average Bonchev–Trinajstić information content (AvgIpc) is 2.69. The molecule has 0 saturated carbocycles. The van der Waals surface area contributed by atoms with Crippen molar-refractivity contribution < 1.29 is 4.79 Å². The number of hydrogen-bond donors (Lipinski definition) is 0. The zero-order valence-electron chi connectivity index (χ0n) is 10.9. The summed E-state index contributed by atoms with van der Waals surface area (Å²) in [6.07, 6.45) is 4.15. The first-order valence-electron chi connectivity index (χ1n) is 6.19. The van der Waals surface area contributed by atoms with Crippen molar-refractivity contribution >= 4 is 5.78 Å². The van der Waals surface area contributed by atoms with E-state index >= 15 is 0 Å². The van der Waals surface area contributed by atoms with Crippen molar-refractivity contribution in [1.82, 2.24) is 9.55 Å². The molecule has 3 heteroatoms. The van der Waals surface area contributed by atoms with E-state index in [1.165, 1.54) is 5.56 Å². The lowest BCUT2D eigenvalue weighted by Crippen LogP contribution is -1.98. The van der Waals surface area contributed by atoms with Crippen LogP contribution in [-0.2, 0) is 24.7 Å². The Morgan fingerprint density at radius 1 is 1.28 bits per heavy atom. The highest BCUT2D eigenvalue weighted by atomic mass is 16.1. The van der Waals surface area contributed by atoms with Gasteiger partial charge in [0, 0.05) is 26.1 Å². The molecule has 1 heterocycles. The Morgan fingerprint density at radius 3 is 2.67 bits per heavy atom. The van der Waals surface area contributed by atoms with Crippen LogP contribution in [0.3, 0.4) is 0 Å². The van der Waals surface area contributed by atoms with Crippen LogP contribution in [0.15, 0.2) is 36.5 Å². The number of ketones is 1. The lowest BCUT2D eigenvalue weighted by molar-refractivity contribution is -0.116. The largest absolute Gasteiger partial charge is 0.337 e. The number of carbonyl (C=O) groups is 1. The third-order valence-electron chi connectivity index (χ3n) is 2.96. The van der Waals surface area contributed by atoms with Gasteiger partial charge < -0.3 is 9.36 Å². The second kappa shape index (κ2) is 5.63. The molecule has 2 aromatic rings. The average molecular weight is 242 g/mol. The molecule has 0 aliphatic rings. The normalized spacial score (nSPS) is 10.6. The summed E-state index contributed by atoms with van der Waals surface area (Å²) in [5.41, 5.74) is 2.25. The number of nitrogens with zero attached hydrogens (tertiary/aromatic N) is 2. The Hall–Kier alpha value is -1.90. The second-order valence-electron chi connectivity index (χ2n) is 4.62. The van der Waals surface area contributed by atoms with E-state index in [9.17, 15) is 4.79 Å². The zero-order chi connectivity index (χ0) is 13.0. The molecular formula is C15H18N2O. The molecule has 0 spiro atoms. The van der Waals surface area contributed by atoms with E-state index < -0.39 is 0 Å². The molecule has 2 rings (SSSR count). The van der Waals surface area contributed by atoms with Crippen LogP contribution in [0.2, 0.25) is 0 Å². The monoisotopic (exact) mass is 242 g/mol. The fourth-order valence-electron chi connectivity index (χ4n) is 1.94. The van der Waals surface area contributed by atoms with Crippen LogP contribution in [0, 0.1) is 0 Å². The molecule has 0 aliphatic carbocycles. The number of aromatic nitrogens is 2. The van der Waals surface area contributed by atoms with Gasteiger partial charge in [-0.2, -0.15) is 0 Å².